The molecule has 4 rings (SSSR count). The van der Waals surface area contributed by atoms with Gasteiger partial charge >= 0.3 is 5.76 Å². The average Bonchev–Trinajstić information content (AvgIpc) is 3.33. The van der Waals surface area contributed by atoms with Crippen molar-refractivity contribution >= 4 is 37.8 Å². The second-order valence-corrected chi connectivity index (χ2v) is 9.88. The maximum absolute atomic E-state index is 14.9. The quantitative estimate of drug-likeness (QED) is 0.436. The van der Waals surface area contributed by atoms with E-state index in [0.29, 0.717) is 6.54 Å². The summed E-state index contributed by atoms with van der Waals surface area (Å²) in [6.07, 6.45) is 1.18. The van der Waals surface area contributed by atoms with Crippen molar-refractivity contribution in [2.24, 2.45) is 0 Å². The van der Waals surface area contributed by atoms with Crippen LogP contribution in [-0.4, -0.2) is 41.3 Å². The predicted molar refractivity (Wildman–Crippen MR) is 119 cm³/mol. The molecule has 0 spiro atoms. The highest BCUT2D eigenvalue weighted by molar-refractivity contribution is 7.93. The SMILES string of the molecule is CC(c1ccccc1CN(C)C)n1c(=O)oc2cc(S(=O)(=O)Nc3ncns3)c(F)cc21. The standard InChI is InChI=1S/C20H20FN5O4S2/c1-12(14-7-5-4-6-13(14)10-25(2)3)26-16-8-15(21)18(9-17(16)30-20(26)27)32(28,29)24-19-22-11-23-31-19/h4-9,11-12H,10H2,1-3H3,(H,22,23,24). The van der Waals surface area contributed by atoms with Gasteiger partial charge in [-0.3, -0.25) is 9.29 Å². The van der Waals surface area contributed by atoms with E-state index in [2.05, 4.69) is 14.1 Å². The molecule has 0 aliphatic rings. The summed E-state index contributed by atoms with van der Waals surface area (Å²) in [5.41, 5.74) is 2.01. The summed E-state index contributed by atoms with van der Waals surface area (Å²) in [4.78, 5) is 17.8. The number of anilines is 1. The number of sulfonamides is 1. The fourth-order valence-corrected chi connectivity index (χ4v) is 5.30. The molecule has 32 heavy (non-hydrogen) atoms. The summed E-state index contributed by atoms with van der Waals surface area (Å²) in [7, 11) is -0.418. The average molecular weight is 478 g/mol. The van der Waals surface area contributed by atoms with Gasteiger partial charge < -0.3 is 9.32 Å². The third kappa shape index (κ3) is 4.16. The van der Waals surface area contributed by atoms with Crippen LogP contribution in [0.3, 0.4) is 0 Å². The van der Waals surface area contributed by atoms with E-state index in [0.717, 1.165) is 34.8 Å². The first-order chi connectivity index (χ1) is 15.2. The first kappa shape index (κ1) is 22.1. The highest BCUT2D eigenvalue weighted by Gasteiger charge is 2.26. The largest absolute Gasteiger partial charge is 0.420 e. The van der Waals surface area contributed by atoms with E-state index in [1.807, 2.05) is 50.2 Å². The molecule has 0 saturated heterocycles. The van der Waals surface area contributed by atoms with Crippen molar-refractivity contribution in [3.8, 4) is 0 Å². The number of aromatic nitrogens is 3. The normalized spacial score (nSPS) is 13.0. The third-order valence-electron chi connectivity index (χ3n) is 4.92. The Labute approximate surface area is 187 Å². The number of rotatable bonds is 7. The van der Waals surface area contributed by atoms with E-state index in [1.165, 1.54) is 10.9 Å². The van der Waals surface area contributed by atoms with E-state index in [4.69, 9.17) is 4.42 Å². The van der Waals surface area contributed by atoms with Gasteiger partial charge in [-0.05, 0) is 32.1 Å². The molecule has 1 N–H and O–H groups in total. The molecule has 0 aliphatic carbocycles. The Balaban J connectivity index is 1.80. The molecule has 2 heterocycles. The van der Waals surface area contributed by atoms with Crippen LogP contribution < -0.4 is 10.5 Å². The summed E-state index contributed by atoms with van der Waals surface area (Å²) in [6, 6.07) is 9.17. The Bertz CT molecular complexity index is 1430. The van der Waals surface area contributed by atoms with Gasteiger partial charge in [-0.15, -0.1) is 0 Å². The van der Waals surface area contributed by atoms with Crippen molar-refractivity contribution < 1.29 is 17.2 Å². The molecule has 0 saturated carbocycles. The van der Waals surface area contributed by atoms with E-state index in [-0.39, 0.29) is 16.2 Å². The number of nitrogens with zero attached hydrogens (tertiary/aromatic N) is 4. The van der Waals surface area contributed by atoms with Crippen LogP contribution in [0.25, 0.3) is 11.1 Å². The molecule has 0 radical (unpaired) electrons. The van der Waals surface area contributed by atoms with Gasteiger partial charge in [0.05, 0.1) is 11.6 Å². The molecular formula is C20H20FN5O4S2. The van der Waals surface area contributed by atoms with Crippen LogP contribution in [0.4, 0.5) is 9.52 Å². The number of benzene rings is 2. The van der Waals surface area contributed by atoms with Gasteiger partial charge in [0.15, 0.2) is 5.58 Å². The summed E-state index contributed by atoms with van der Waals surface area (Å²) in [6.45, 7) is 2.46. The minimum Gasteiger partial charge on any atom is -0.408 e. The molecule has 0 fully saturated rings. The van der Waals surface area contributed by atoms with Crippen molar-refractivity contribution in [3.05, 3.63) is 70.2 Å². The molecule has 0 amide bonds. The fraction of sp³-hybridized carbons (Fsp3) is 0.250. The predicted octanol–water partition coefficient (Wildman–Crippen LogP) is 3.06. The van der Waals surface area contributed by atoms with E-state index in [1.54, 1.807) is 0 Å². The van der Waals surface area contributed by atoms with Crippen LogP contribution in [0, 0.1) is 5.82 Å². The van der Waals surface area contributed by atoms with Gasteiger partial charge in [-0.2, -0.15) is 4.37 Å². The molecule has 1 unspecified atom stereocenters. The lowest BCUT2D eigenvalue weighted by Crippen LogP contribution is -2.21. The van der Waals surface area contributed by atoms with Crippen LogP contribution in [0.5, 0.6) is 0 Å². The first-order valence-corrected chi connectivity index (χ1v) is 11.8. The number of hydrogen-bond donors (Lipinski definition) is 1. The summed E-state index contributed by atoms with van der Waals surface area (Å²) in [5, 5.41) is -0.00496. The van der Waals surface area contributed by atoms with Gasteiger partial charge in [0.2, 0.25) is 5.13 Å². The highest BCUT2D eigenvalue weighted by Crippen LogP contribution is 2.29. The fourth-order valence-electron chi connectivity index (χ4n) is 3.56. The number of oxazole rings is 1. The van der Waals surface area contributed by atoms with Crippen molar-refractivity contribution in [1.82, 2.24) is 18.8 Å². The molecule has 1 atom stereocenters. The van der Waals surface area contributed by atoms with Crippen LogP contribution >= 0.6 is 11.5 Å². The first-order valence-electron chi connectivity index (χ1n) is 9.54. The number of halogens is 1. The Kier molecular flexibility index (Phi) is 5.84. The van der Waals surface area contributed by atoms with Gasteiger partial charge in [-0.25, -0.2) is 22.6 Å². The minimum atomic E-state index is -4.30. The van der Waals surface area contributed by atoms with Gasteiger partial charge in [-0.1, -0.05) is 24.3 Å². The third-order valence-corrected chi connectivity index (χ3v) is 6.98. The monoisotopic (exact) mass is 477 g/mol. The summed E-state index contributed by atoms with van der Waals surface area (Å²) in [5.74, 6) is -1.73. The second kappa shape index (κ2) is 8.45. The molecule has 168 valence electrons. The van der Waals surface area contributed by atoms with Crippen LogP contribution in [0.2, 0.25) is 0 Å². The van der Waals surface area contributed by atoms with Crippen molar-refractivity contribution in [2.75, 3.05) is 18.8 Å². The Morgan fingerprint density at radius 2 is 2.03 bits per heavy atom. The lowest BCUT2D eigenvalue weighted by atomic mass is 10.0. The second-order valence-electron chi connectivity index (χ2n) is 7.45. The van der Waals surface area contributed by atoms with E-state index >= 15 is 0 Å². The molecular weight excluding hydrogens is 457 g/mol. The van der Waals surface area contributed by atoms with E-state index in [9.17, 15) is 17.6 Å². The minimum absolute atomic E-state index is 0.00496. The lowest BCUT2D eigenvalue weighted by molar-refractivity contribution is 0.398. The van der Waals surface area contributed by atoms with Crippen molar-refractivity contribution in [2.45, 2.75) is 24.4 Å². The number of hydrogen-bond acceptors (Lipinski definition) is 8. The van der Waals surface area contributed by atoms with Crippen LogP contribution in [-0.2, 0) is 16.6 Å². The molecule has 9 nitrogen and oxygen atoms in total. The summed E-state index contributed by atoms with van der Waals surface area (Å²) >= 11 is 0.813. The zero-order chi connectivity index (χ0) is 23.0. The Morgan fingerprint density at radius 3 is 2.72 bits per heavy atom. The van der Waals surface area contributed by atoms with Gasteiger partial charge in [0.1, 0.15) is 17.0 Å². The van der Waals surface area contributed by atoms with Crippen molar-refractivity contribution in [1.29, 1.82) is 0 Å². The summed E-state index contributed by atoms with van der Waals surface area (Å²) < 4.78 is 52.7. The maximum Gasteiger partial charge on any atom is 0.420 e. The number of nitrogens with one attached hydrogen (secondary N) is 1. The molecule has 0 aliphatic heterocycles. The smallest absolute Gasteiger partial charge is 0.408 e. The maximum atomic E-state index is 14.9. The zero-order valence-corrected chi connectivity index (χ0v) is 19.1. The van der Waals surface area contributed by atoms with E-state index < -0.39 is 32.5 Å². The van der Waals surface area contributed by atoms with Gasteiger partial charge in [0, 0.05) is 30.2 Å². The molecule has 4 aromatic rings. The highest BCUT2D eigenvalue weighted by atomic mass is 32.2. The zero-order valence-electron chi connectivity index (χ0n) is 17.4. The Hall–Kier alpha value is -3.09. The molecule has 2 aromatic heterocycles. The molecule has 12 heteroatoms. The number of fused-ring (bicyclic) bond motifs is 1. The van der Waals surface area contributed by atoms with Crippen LogP contribution in [0.1, 0.15) is 24.1 Å². The molecule has 0 bridgehead atoms. The topological polar surface area (TPSA) is 110 Å². The van der Waals surface area contributed by atoms with Gasteiger partial charge in [0.25, 0.3) is 10.0 Å². The Morgan fingerprint density at radius 1 is 1.28 bits per heavy atom. The lowest BCUT2D eigenvalue weighted by Gasteiger charge is -2.19. The van der Waals surface area contributed by atoms with Crippen molar-refractivity contribution in [3.63, 3.8) is 0 Å². The van der Waals surface area contributed by atoms with Crippen LogP contribution in [0.15, 0.2) is 56.8 Å². The molecule has 2 aromatic carbocycles.